The highest BCUT2D eigenvalue weighted by molar-refractivity contribution is 6.31. The summed E-state index contributed by atoms with van der Waals surface area (Å²) >= 11 is 6.02. The van der Waals surface area contributed by atoms with E-state index in [1.54, 1.807) is 24.3 Å². The lowest BCUT2D eigenvalue weighted by atomic mass is 9.87. The third-order valence-corrected chi connectivity index (χ3v) is 3.79. The molecule has 1 amide bonds. The van der Waals surface area contributed by atoms with E-state index in [-0.39, 0.29) is 11.3 Å². The minimum absolute atomic E-state index is 0.0493. The van der Waals surface area contributed by atoms with E-state index in [9.17, 15) is 4.79 Å². The Kier molecular flexibility index (Phi) is 5.68. The van der Waals surface area contributed by atoms with Crippen molar-refractivity contribution in [3.63, 3.8) is 0 Å². The van der Waals surface area contributed by atoms with Crippen molar-refractivity contribution in [3.8, 4) is 5.75 Å². The first-order valence-corrected chi connectivity index (χ1v) is 8.14. The van der Waals surface area contributed by atoms with Gasteiger partial charge < -0.3 is 10.1 Å². The highest BCUT2D eigenvalue weighted by Gasteiger charge is 2.15. The predicted molar refractivity (Wildman–Crippen MR) is 100 cm³/mol. The number of ether oxygens (including phenoxy) is 1. The molecular weight excluding hydrogens is 322 g/mol. The van der Waals surface area contributed by atoms with Crippen molar-refractivity contribution in [2.45, 2.75) is 26.2 Å². The van der Waals surface area contributed by atoms with Crippen LogP contribution in [0.25, 0.3) is 0 Å². The smallest absolute Gasteiger partial charge is 0.255 e. The molecule has 0 aliphatic heterocycles. The zero-order valence-electron chi connectivity index (χ0n) is 14.2. The number of hydrogen-bond donors (Lipinski definition) is 1. The number of halogens is 1. The molecule has 0 bridgehead atoms. The fraction of sp³-hybridized carbons (Fsp3) is 0.250. The summed E-state index contributed by atoms with van der Waals surface area (Å²) in [7, 11) is 0. The molecule has 0 fully saturated rings. The Morgan fingerprint density at radius 2 is 1.88 bits per heavy atom. The molecule has 24 heavy (non-hydrogen) atoms. The first-order valence-electron chi connectivity index (χ1n) is 7.76. The van der Waals surface area contributed by atoms with Gasteiger partial charge in [-0.2, -0.15) is 0 Å². The molecule has 2 aromatic rings. The van der Waals surface area contributed by atoms with Crippen LogP contribution in [0.15, 0.2) is 55.1 Å². The lowest BCUT2D eigenvalue weighted by molar-refractivity contribution is 0.102. The highest BCUT2D eigenvalue weighted by atomic mass is 35.5. The predicted octanol–water partition coefficient (Wildman–Crippen LogP) is 5.45. The van der Waals surface area contributed by atoms with Crippen molar-refractivity contribution in [1.29, 1.82) is 0 Å². The van der Waals surface area contributed by atoms with E-state index in [4.69, 9.17) is 16.3 Å². The number of carbonyl (C=O) groups is 1. The maximum Gasteiger partial charge on any atom is 0.255 e. The quantitative estimate of drug-likeness (QED) is 0.732. The third-order valence-electron chi connectivity index (χ3n) is 3.56. The van der Waals surface area contributed by atoms with Gasteiger partial charge in [0.05, 0.1) is 5.69 Å². The number of hydrogen-bond acceptors (Lipinski definition) is 2. The van der Waals surface area contributed by atoms with E-state index in [1.807, 2.05) is 24.3 Å². The Morgan fingerprint density at radius 3 is 2.46 bits per heavy atom. The van der Waals surface area contributed by atoms with Gasteiger partial charge in [0, 0.05) is 10.6 Å². The molecule has 0 unspecified atom stereocenters. The first kappa shape index (κ1) is 18.1. The summed E-state index contributed by atoms with van der Waals surface area (Å²) in [5.74, 6) is 0.347. The van der Waals surface area contributed by atoms with Crippen LogP contribution in [0.2, 0.25) is 5.02 Å². The molecule has 2 rings (SSSR count). The fourth-order valence-electron chi connectivity index (χ4n) is 2.19. The van der Waals surface area contributed by atoms with Gasteiger partial charge in [0.25, 0.3) is 5.91 Å². The molecular formula is C20H22ClNO2. The van der Waals surface area contributed by atoms with E-state index in [0.717, 1.165) is 0 Å². The second-order valence-electron chi connectivity index (χ2n) is 6.52. The SMILES string of the molecule is C=CCOc1ccc(Cl)cc1NC(=O)c1ccc(C(C)(C)C)cc1. The summed E-state index contributed by atoms with van der Waals surface area (Å²) in [6.45, 7) is 10.4. The van der Waals surface area contributed by atoms with Gasteiger partial charge in [-0.05, 0) is 41.3 Å². The lowest BCUT2D eigenvalue weighted by Crippen LogP contribution is -2.15. The van der Waals surface area contributed by atoms with Gasteiger partial charge in [0.2, 0.25) is 0 Å². The standard InChI is InChI=1S/C20H22ClNO2/c1-5-12-24-18-11-10-16(21)13-17(18)22-19(23)14-6-8-15(9-7-14)20(2,3)4/h5-11,13H,1,12H2,2-4H3,(H,22,23). The van der Waals surface area contributed by atoms with Gasteiger partial charge >= 0.3 is 0 Å². The van der Waals surface area contributed by atoms with E-state index >= 15 is 0 Å². The molecule has 0 spiro atoms. The van der Waals surface area contributed by atoms with Crippen LogP contribution in [0, 0.1) is 0 Å². The minimum atomic E-state index is -0.207. The van der Waals surface area contributed by atoms with E-state index in [0.29, 0.717) is 28.6 Å². The molecule has 0 saturated carbocycles. The number of benzene rings is 2. The van der Waals surface area contributed by atoms with Crippen LogP contribution in [-0.4, -0.2) is 12.5 Å². The summed E-state index contributed by atoms with van der Waals surface area (Å²) in [5.41, 5.74) is 2.34. The van der Waals surface area contributed by atoms with Crippen molar-refractivity contribution in [1.82, 2.24) is 0 Å². The second-order valence-corrected chi connectivity index (χ2v) is 6.96. The normalized spacial score (nSPS) is 11.0. The van der Waals surface area contributed by atoms with Crippen LogP contribution in [-0.2, 0) is 5.41 Å². The van der Waals surface area contributed by atoms with Crippen LogP contribution in [0.4, 0.5) is 5.69 Å². The topological polar surface area (TPSA) is 38.3 Å². The van der Waals surface area contributed by atoms with Gasteiger partial charge in [0.15, 0.2) is 0 Å². The molecule has 1 N–H and O–H groups in total. The Bertz CT molecular complexity index is 730. The van der Waals surface area contributed by atoms with E-state index in [2.05, 4.69) is 32.7 Å². The lowest BCUT2D eigenvalue weighted by Gasteiger charge is -2.19. The van der Waals surface area contributed by atoms with Gasteiger partial charge in [-0.15, -0.1) is 0 Å². The molecule has 3 nitrogen and oxygen atoms in total. The number of amides is 1. The average Bonchev–Trinajstić information content (AvgIpc) is 2.53. The molecule has 4 heteroatoms. The van der Waals surface area contributed by atoms with Gasteiger partial charge in [0.1, 0.15) is 12.4 Å². The molecule has 0 saturated heterocycles. The third kappa shape index (κ3) is 4.62. The number of rotatable bonds is 5. The molecule has 126 valence electrons. The Balaban J connectivity index is 2.20. The zero-order valence-corrected chi connectivity index (χ0v) is 15.0. The maximum atomic E-state index is 12.5. The average molecular weight is 344 g/mol. The Labute approximate surface area is 148 Å². The number of carbonyl (C=O) groups excluding carboxylic acids is 1. The van der Waals surface area contributed by atoms with E-state index < -0.39 is 0 Å². The molecule has 0 heterocycles. The molecule has 0 aliphatic carbocycles. The largest absolute Gasteiger partial charge is 0.487 e. The van der Waals surface area contributed by atoms with Crippen molar-refractivity contribution in [2.24, 2.45) is 0 Å². The summed E-state index contributed by atoms with van der Waals surface area (Å²) in [5, 5.41) is 3.38. The second kappa shape index (κ2) is 7.54. The highest BCUT2D eigenvalue weighted by Crippen LogP contribution is 2.29. The molecule has 0 atom stereocenters. The van der Waals surface area contributed by atoms with Gasteiger partial charge in [-0.1, -0.05) is 57.2 Å². The summed E-state index contributed by atoms with van der Waals surface area (Å²) in [6.07, 6.45) is 1.64. The zero-order chi connectivity index (χ0) is 17.7. The summed E-state index contributed by atoms with van der Waals surface area (Å²) < 4.78 is 5.55. The Morgan fingerprint density at radius 1 is 1.21 bits per heavy atom. The van der Waals surface area contributed by atoms with Crippen molar-refractivity contribution in [2.75, 3.05) is 11.9 Å². The van der Waals surface area contributed by atoms with E-state index in [1.165, 1.54) is 5.56 Å². The van der Waals surface area contributed by atoms with Gasteiger partial charge in [-0.3, -0.25) is 4.79 Å². The minimum Gasteiger partial charge on any atom is -0.487 e. The number of anilines is 1. The summed E-state index contributed by atoms with van der Waals surface area (Å²) in [4.78, 5) is 12.5. The van der Waals surface area contributed by atoms with Crippen molar-refractivity contribution in [3.05, 3.63) is 71.3 Å². The van der Waals surface area contributed by atoms with Crippen molar-refractivity contribution < 1.29 is 9.53 Å². The van der Waals surface area contributed by atoms with Crippen LogP contribution in [0.5, 0.6) is 5.75 Å². The molecule has 0 radical (unpaired) electrons. The van der Waals surface area contributed by atoms with Crippen LogP contribution in [0.3, 0.4) is 0 Å². The maximum absolute atomic E-state index is 12.5. The molecule has 0 aromatic heterocycles. The molecule has 0 aliphatic rings. The van der Waals surface area contributed by atoms with Crippen molar-refractivity contribution >= 4 is 23.2 Å². The first-order chi connectivity index (χ1) is 11.3. The fourth-order valence-corrected chi connectivity index (χ4v) is 2.36. The number of nitrogens with one attached hydrogen (secondary N) is 1. The van der Waals surface area contributed by atoms with Gasteiger partial charge in [-0.25, -0.2) is 0 Å². The summed E-state index contributed by atoms with van der Waals surface area (Å²) in [6, 6.07) is 12.7. The monoisotopic (exact) mass is 343 g/mol. The Hall–Kier alpha value is -2.26. The van der Waals surface area contributed by atoms with Crippen LogP contribution >= 0.6 is 11.6 Å². The molecule has 2 aromatic carbocycles. The van der Waals surface area contributed by atoms with Crippen LogP contribution < -0.4 is 10.1 Å². The van der Waals surface area contributed by atoms with Crippen LogP contribution in [0.1, 0.15) is 36.7 Å².